The first-order valence-corrected chi connectivity index (χ1v) is 4.96. The second-order valence-corrected chi connectivity index (χ2v) is 3.67. The van der Waals surface area contributed by atoms with E-state index in [1.807, 2.05) is 0 Å². The van der Waals surface area contributed by atoms with Crippen molar-refractivity contribution in [1.82, 2.24) is 0 Å². The van der Waals surface area contributed by atoms with Gasteiger partial charge in [0.2, 0.25) is 0 Å². The lowest BCUT2D eigenvalue weighted by Crippen LogP contribution is -2.32. The van der Waals surface area contributed by atoms with E-state index in [0.717, 1.165) is 32.1 Å². The molecule has 0 aromatic carbocycles. The van der Waals surface area contributed by atoms with Crippen molar-refractivity contribution in [2.75, 3.05) is 0 Å². The number of ketones is 1. The first kappa shape index (κ1) is 9.72. The van der Waals surface area contributed by atoms with Crippen LogP contribution in [0.4, 0.5) is 0 Å². The molecular formula is C10H18O2. The topological polar surface area (TPSA) is 37.3 Å². The average Bonchev–Trinajstić information content (AvgIpc) is 2.04. The lowest BCUT2D eigenvalue weighted by atomic mass is 9.82. The van der Waals surface area contributed by atoms with Crippen LogP contribution in [0.5, 0.6) is 0 Å². The second-order valence-electron chi connectivity index (χ2n) is 3.67. The third kappa shape index (κ3) is 2.31. The fourth-order valence-electron chi connectivity index (χ4n) is 1.86. The van der Waals surface area contributed by atoms with Gasteiger partial charge in [0, 0.05) is 12.3 Å². The van der Waals surface area contributed by atoms with Crippen molar-refractivity contribution >= 4 is 5.78 Å². The molecule has 70 valence electrons. The minimum Gasteiger partial charge on any atom is -0.392 e. The van der Waals surface area contributed by atoms with Crippen molar-refractivity contribution in [3.63, 3.8) is 0 Å². The maximum Gasteiger partial charge on any atom is 0.138 e. The summed E-state index contributed by atoms with van der Waals surface area (Å²) in [6, 6.07) is 0. The third-order valence-electron chi connectivity index (χ3n) is 2.67. The number of unbranched alkanes of at least 4 members (excludes halogenated alkanes) is 1. The van der Waals surface area contributed by atoms with Crippen LogP contribution in [0.3, 0.4) is 0 Å². The quantitative estimate of drug-likeness (QED) is 0.702. The normalized spacial score (nSPS) is 30.7. The van der Waals surface area contributed by atoms with Crippen molar-refractivity contribution in [3.05, 3.63) is 0 Å². The van der Waals surface area contributed by atoms with E-state index in [0.29, 0.717) is 6.42 Å². The number of aliphatic hydroxyl groups is 1. The summed E-state index contributed by atoms with van der Waals surface area (Å²) in [5, 5.41) is 9.55. The molecule has 0 amide bonds. The monoisotopic (exact) mass is 170 g/mol. The highest BCUT2D eigenvalue weighted by molar-refractivity contribution is 5.82. The van der Waals surface area contributed by atoms with Gasteiger partial charge in [0.15, 0.2) is 0 Å². The van der Waals surface area contributed by atoms with Gasteiger partial charge in [-0.05, 0) is 19.3 Å². The molecule has 0 aromatic heterocycles. The molecule has 0 aliphatic heterocycles. The highest BCUT2D eigenvalue weighted by Crippen LogP contribution is 2.25. The van der Waals surface area contributed by atoms with Gasteiger partial charge in [-0.2, -0.15) is 0 Å². The number of Topliss-reactive ketones (excluding diaryl/α,β-unsaturated/α-hetero) is 1. The summed E-state index contributed by atoms with van der Waals surface area (Å²) in [6.07, 6.45) is 5.09. The molecule has 1 rings (SSSR count). The molecule has 0 heterocycles. The Balaban J connectivity index is 2.40. The summed E-state index contributed by atoms with van der Waals surface area (Å²) in [5.41, 5.74) is 0. The maximum atomic E-state index is 11.4. The van der Waals surface area contributed by atoms with Crippen molar-refractivity contribution in [3.8, 4) is 0 Å². The van der Waals surface area contributed by atoms with Gasteiger partial charge in [-0.3, -0.25) is 4.79 Å². The first-order valence-electron chi connectivity index (χ1n) is 4.96. The van der Waals surface area contributed by atoms with Crippen molar-refractivity contribution in [2.24, 2.45) is 5.92 Å². The minimum atomic E-state index is -0.349. The van der Waals surface area contributed by atoms with E-state index in [1.54, 1.807) is 0 Å². The van der Waals surface area contributed by atoms with E-state index in [9.17, 15) is 9.90 Å². The Morgan fingerprint density at radius 1 is 1.58 bits per heavy atom. The zero-order chi connectivity index (χ0) is 8.97. The van der Waals surface area contributed by atoms with Crippen LogP contribution in [-0.2, 0) is 4.79 Å². The van der Waals surface area contributed by atoms with Gasteiger partial charge < -0.3 is 5.11 Å². The molecule has 2 atom stereocenters. The van der Waals surface area contributed by atoms with Crippen LogP contribution in [0.25, 0.3) is 0 Å². The Hall–Kier alpha value is -0.370. The van der Waals surface area contributed by atoms with Crippen LogP contribution in [0.1, 0.15) is 45.4 Å². The molecule has 1 N–H and O–H groups in total. The molecule has 1 fully saturated rings. The predicted molar refractivity (Wildman–Crippen MR) is 47.9 cm³/mol. The number of aliphatic hydroxyl groups excluding tert-OH is 1. The first-order chi connectivity index (χ1) is 5.75. The fraction of sp³-hybridized carbons (Fsp3) is 0.900. The van der Waals surface area contributed by atoms with Crippen LogP contribution in [-0.4, -0.2) is 17.0 Å². The Bertz CT molecular complexity index is 154. The number of carbonyl (C=O) groups is 1. The van der Waals surface area contributed by atoms with Gasteiger partial charge in [0.1, 0.15) is 5.78 Å². The molecule has 1 aliphatic carbocycles. The lowest BCUT2D eigenvalue weighted by molar-refractivity contribution is -0.129. The number of carbonyl (C=O) groups excluding carboxylic acids is 1. The van der Waals surface area contributed by atoms with E-state index in [1.165, 1.54) is 0 Å². The van der Waals surface area contributed by atoms with E-state index in [2.05, 4.69) is 6.92 Å². The SMILES string of the molecule is CCCC[C@@H]1C(=O)CCC[C@H]1O. The van der Waals surface area contributed by atoms with Crippen LogP contribution in [0.2, 0.25) is 0 Å². The largest absolute Gasteiger partial charge is 0.392 e. The highest BCUT2D eigenvalue weighted by Gasteiger charge is 2.29. The molecule has 0 saturated heterocycles. The minimum absolute atomic E-state index is 0.0429. The summed E-state index contributed by atoms with van der Waals surface area (Å²) >= 11 is 0. The van der Waals surface area contributed by atoms with Crippen molar-refractivity contribution in [2.45, 2.75) is 51.6 Å². The van der Waals surface area contributed by atoms with E-state index in [4.69, 9.17) is 0 Å². The third-order valence-corrected chi connectivity index (χ3v) is 2.67. The second kappa shape index (κ2) is 4.61. The maximum absolute atomic E-state index is 11.4. The molecule has 0 spiro atoms. The van der Waals surface area contributed by atoms with Crippen LogP contribution < -0.4 is 0 Å². The smallest absolute Gasteiger partial charge is 0.138 e. The number of rotatable bonds is 3. The molecule has 2 heteroatoms. The van der Waals surface area contributed by atoms with Gasteiger partial charge >= 0.3 is 0 Å². The molecule has 0 aromatic rings. The molecular weight excluding hydrogens is 152 g/mol. The van der Waals surface area contributed by atoms with E-state index < -0.39 is 0 Å². The zero-order valence-corrected chi connectivity index (χ0v) is 7.75. The van der Waals surface area contributed by atoms with Crippen LogP contribution >= 0.6 is 0 Å². The van der Waals surface area contributed by atoms with Gasteiger partial charge in [0.25, 0.3) is 0 Å². The predicted octanol–water partition coefficient (Wildman–Crippen LogP) is 1.91. The van der Waals surface area contributed by atoms with Crippen molar-refractivity contribution < 1.29 is 9.90 Å². The summed E-state index contributed by atoms with van der Waals surface area (Å²) in [7, 11) is 0. The van der Waals surface area contributed by atoms with E-state index >= 15 is 0 Å². The standard InChI is InChI=1S/C10H18O2/c1-2-3-5-8-9(11)6-4-7-10(8)12/h8-9,11H,2-7H2,1H3/t8-,9+/m0/s1. The number of hydrogen-bond acceptors (Lipinski definition) is 2. The Labute approximate surface area is 74.0 Å². The molecule has 1 saturated carbocycles. The Morgan fingerprint density at radius 2 is 2.33 bits per heavy atom. The van der Waals surface area contributed by atoms with E-state index in [-0.39, 0.29) is 17.8 Å². The molecule has 1 aliphatic rings. The van der Waals surface area contributed by atoms with Crippen molar-refractivity contribution in [1.29, 1.82) is 0 Å². The van der Waals surface area contributed by atoms with Gasteiger partial charge in [0.05, 0.1) is 6.10 Å². The average molecular weight is 170 g/mol. The van der Waals surface area contributed by atoms with Gasteiger partial charge in [-0.15, -0.1) is 0 Å². The lowest BCUT2D eigenvalue weighted by Gasteiger charge is -2.25. The molecule has 0 unspecified atom stereocenters. The zero-order valence-electron chi connectivity index (χ0n) is 7.75. The van der Waals surface area contributed by atoms with Crippen LogP contribution in [0.15, 0.2) is 0 Å². The highest BCUT2D eigenvalue weighted by atomic mass is 16.3. The molecule has 0 bridgehead atoms. The molecule has 2 nitrogen and oxygen atoms in total. The Morgan fingerprint density at radius 3 is 2.92 bits per heavy atom. The number of hydrogen-bond donors (Lipinski definition) is 1. The molecule has 12 heavy (non-hydrogen) atoms. The fourth-order valence-corrected chi connectivity index (χ4v) is 1.86. The van der Waals surface area contributed by atoms with Gasteiger partial charge in [-0.25, -0.2) is 0 Å². The summed E-state index contributed by atoms with van der Waals surface area (Å²) in [4.78, 5) is 11.4. The Kier molecular flexibility index (Phi) is 3.73. The van der Waals surface area contributed by atoms with Gasteiger partial charge in [-0.1, -0.05) is 19.8 Å². The van der Waals surface area contributed by atoms with Crippen LogP contribution in [0, 0.1) is 5.92 Å². The summed E-state index contributed by atoms with van der Waals surface area (Å²) in [5.74, 6) is 0.237. The molecule has 0 radical (unpaired) electrons. The summed E-state index contributed by atoms with van der Waals surface area (Å²) < 4.78 is 0. The summed E-state index contributed by atoms with van der Waals surface area (Å²) in [6.45, 7) is 2.11.